The van der Waals surface area contributed by atoms with E-state index in [2.05, 4.69) is 35.7 Å². The van der Waals surface area contributed by atoms with Crippen LogP contribution < -0.4 is 5.32 Å². The maximum Gasteiger partial charge on any atom is 0.228 e. The van der Waals surface area contributed by atoms with Gasteiger partial charge in [0.1, 0.15) is 17.3 Å². The number of halogens is 1. The highest BCUT2D eigenvalue weighted by Crippen LogP contribution is 2.25. The zero-order chi connectivity index (χ0) is 23.9. The first kappa shape index (κ1) is 20.7. The third kappa shape index (κ3) is 3.78. The molecule has 35 heavy (non-hydrogen) atoms. The van der Waals surface area contributed by atoms with Gasteiger partial charge in [-0.3, -0.25) is 9.08 Å². The summed E-state index contributed by atoms with van der Waals surface area (Å²) in [4.78, 5) is 8.92. The fourth-order valence-corrected chi connectivity index (χ4v) is 3.87. The van der Waals surface area contributed by atoms with Crippen molar-refractivity contribution in [3.8, 4) is 28.5 Å². The largest absolute Gasteiger partial charge is 0.309 e. The summed E-state index contributed by atoms with van der Waals surface area (Å²) in [5.41, 5.74) is 4.39. The lowest BCUT2D eigenvalue weighted by Crippen LogP contribution is -2.03. The van der Waals surface area contributed by atoms with Crippen LogP contribution in [0.3, 0.4) is 0 Å². The molecule has 0 amide bonds. The molecular weight excluding hydrogens is 447 g/mol. The Morgan fingerprint density at radius 3 is 2.69 bits per heavy atom. The molecule has 0 aliphatic carbocycles. The molecule has 1 N–H and O–H groups in total. The number of benzene rings is 1. The molecule has 0 unspecified atom stereocenters. The molecule has 0 atom stereocenters. The molecule has 0 spiro atoms. The van der Waals surface area contributed by atoms with Crippen LogP contribution in [-0.2, 0) is 7.05 Å². The molecule has 6 aromatic rings. The van der Waals surface area contributed by atoms with Crippen molar-refractivity contribution >= 4 is 17.4 Å². The van der Waals surface area contributed by atoms with E-state index in [1.165, 1.54) is 12.1 Å². The Morgan fingerprint density at radius 1 is 0.943 bits per heavy atom. The van der Waals surface area contributed by atoms with Crippen LogP contribution in [0.4, 0.5) is 16.2 Å². The molecule has 0 aliphatic heterocycles. The van der Waals surface area contributed by atoms with Crippen LogP contribution >= 0.6 is 0 Å². The van der Waals surface area contributed by atoms with Gasteiger partial charge in [0.25, 0.3) is 0 Å². The van der Waals surface area contributed by atoms with E-state index in [0.717, 1.165) is 22.8 Å². The Labute approximate surface area is 198 Å². The molecule has 1 aromatic carbocycles. The molecule has 6 rings (SSSR count). The third-order valence-corrected chi connectivity index (χ3v) is 5.59. The molecule has 5 aromatic heterocycles. The maximum absolute atomic E-state index is 13.7. The topological polar surface area (TPSA) is 104 Å². The van der Waals surface area contributed by atoms with Crippen molar-refractivity contribution in [2.24, 2.45) is 7.05 Å². The first-order chi connectivity index (χ1) is 17.0. The van der Waals surface area contributed by atoms with E-state index in [4.69, 9.17) is 0 Å². The molecule has 0 saturated carbocycles. The molecule has 5 heterocycles. The molecule has 0 saturated heterocycles. The molecule has 0 bridgehead atoms. The molecule has 0 radical (unpaired) electrons. The van der Waals surface area contributed by atoms with Gasteiger partial charge in [0.05, 0.1) is 17.6 Å². The van der Waals surface area contributed by atoms with Gasteiger partial charge in [-0.2, -0.15) is 10.2 Å². The zero-order valence-electron chi connectivity index (χ0n) is 18.8. The lowest BCUT2D eigenvalue weighted by atomic mass is 10.2. The van der Waals surface area contributed by atoms with Crippen LogP contribution in [0, 0.1) is 12.7 Å². The minimum absolute atomic E-state index is 0.317. The monoisotopic (exact) mass is 466 g/mol. The predicted octanol–water partition coefficient (Wildman–Crippen LogP) is 3.96. The van der Waals surface area contributed by atoms with Crippen molar-refractivity contribution in [1.82, 2.24) is 44.1 Å². The summed E-state index contributed by atoms with van der Waals surface area (Å²) in [6, 6.07) is 15.7. The van der Waals surface area contributed by atoms with Crippen molar-refractivity contribution in [3.05, 3.63) is 84.7 Å². The molecule has 10 nitrogen and oxygen atoms in total. The van der Waals surface area contributed by atoms with Gasteiger partial charge < -0.3 is 5.32 Å². The van der Waals surface area contributed by atoms with Gasteiger partial charge in [-0.25, -0.2) is 19.0 Å². The Hall–Kier alpha value is -4.93. The minimum atomic E-state index is -0.317. The van der Waals surface area contributed by atoms with Gasteiger partial charge in [0.2, 0.25) is 5.95 Å². The van der Waals surface area contributed by atoms with Crippen LogP contribution in [-0.4, -0.2) is 44.1 Å². The SMILES string of the molecule is Cc1cc(-c2nnc3cc(-c4ccnc(Nc5ccnn5C)n4)ccn23)nn1-c1cccc(F)c1. The number of aryl methyl sites for hydroxylation is 2. The van der Waals surface area contributed by atoms with Crippen molar-refractivity contribution in [3.63, 3.8) is 0 Å². The van der Waals surface area contributed by atoms with Gasteiger partial charge >= 0.3 is 0 Å². The standard InChI is InChI=1S/C24H19FN10/c1-15-12-20(32-35(15)18-5-3-4-17(25)14-18)23-31-30-22-13-16(8-11-34(22)23)19-6-9-26-24(28-19)29-21-7-10-27-33(21)2/h3-14H,1-2H3,(H,26,28,29). The summed E-state index contributed by atoms with van der Waals surface area (Å²) in [5, 5.41) is 20.6. The average Bonchev–Trinajstić information content (AvgIpc) is 3.57. The number of fused-ring (bicyclic) bond motifs is 1. The lowest BCUT2D eigenvalue weighted by molar-refractivity contribution is 0.625. The molecular formula is C24H19FN10. The van der Waals surface area contributed by atoms with Crippen molar-refractivity contribution in [2.75, 3.05) is 5.32 Å². The van der Waals surface area contributed by atoms with Crippen molar-refractivity contribution in [1.29, 1.82) is 0 Å². The summed E-state index contributed by atoms with van der Waals surface area (Å²) in [5.74, 6) is 1.52. The Balaban J connectivity index is 1.33. The smallest absolute Gasteiger partial charge is 0.228 e. The highest BCUT2D eigenvalue weighted by Gasteiger charge is 2.15. The highest BCUT2D eigenvalue weighted by atomic mass is 19.1. The molecule has 0 fully saturated rings. The highest BCUT2D eigenvalue weighted by molar-refractivity contribution is 5.67. The van der Waals surface area contributed by atoms with Gasteiger partial charge in [-0.1, -0.05) is 6.07 Å². The summed E-state index contributed by atoms with van der Waals surface area (Å²) in [6.07, 6.45) is 5.28. The number of hydrogen-bond acceptors (Lipinski definition) is 7. The van der Waals surface area contributed by atoms with Gasteiger partial charge in [0, 0.05) is 36.8 Å². The first-order valence-electron chi connectivity index (χ1n) is 10.8. The van der Waals surface area contributed by atoms with Crippen LogP contribution in [0.15, 0.2) is 73.2 Å². The Bertz CT molecular complexity index is 1680. The van der Waals surface area contributed by atoms with Crippen molar-refractivity contribution in [2.45, 2.75) is 6.92 Å². The fourth-order valence-electron chi connectivity index (χ4n) is 3.87. The number of anilines is 2. The van der Waals surface area contributed by atoms with E-state index in [1.54, 1.807) is 33.9 Å². The van der Waals surface area contributed by atoms with Gasteiger partial charge in [-0.05, 0) is 49.4 Å². The molecule has 0 aliphatic rings. The summed E-state index contributed by atoms with van der Waals surface area (Å²) < 4.78 is 19.0. The third-order valence-electron chi connectivity index (χ3n) is 5.59. The number of hydrogen-bond donors (Lipinski definition) is 1. The number of nitrogens with zero attached hydrogens (tertiary/aromatic N) is 9. The Morgan fingerprint density at radius 2 is 1.86 bits per heavy atom. The Kier molecular flexibility index (Phi) is 4.80. The number of pyridine rings is 1. The van der Waals surface area contributed by atoms with E-state index in [-0.39, 0.29) is 5.82 Å². The van der Waals surface area contributed by atoms with Crippen LogP contribution in [0.1, 0.15) is 5.69 Å². The van der Waals surface area contributed by atoms with Crippen LogP contribution in [0.2, 0.25) is 0 Å². The van der Waals surface area contributed by atoms with E-state index in [0.29, 0.717) is 28.8 Å². The maximum atomic E-state index is 13.7. The van der Waals surface area contributed by atoms with Crippen molar-refractivity contribution < 1.29 is 4.39 Å². The second-order valence-corrected chi connectivity index (χ2v) is 7.96. The number of nitrogens with one attached hydrogen (secondary N) is 1. The summed E-state index contributed by atoms with van der Waals surface area (Å²) >= 11 is 0. The first-order valence-corrected chi connectivity index (χ1v) is 10.8. The van der Waals surface area contributed by atoms with E-state index >= 15 is 0 Å². The minimum Gasteiger partial charge on any atom is -0.309 e. The summed E-state index contributed by atoms with van der Waals surface area (Å²) in [7, 11) is 1.84. The quantitative estimate of drug-likeness (QED) is 0.410. The molecule has 11 heteroatoms. The number of aromatic nitrogens is 9. The van der Waals surface area contributed by atoms with E-state index in [1.807, 2.05) is 54.9 Å². The zero-order valence-corrected chi connectivity index (χ0v) is 18.8. The van der Waals surface area contributed by atoms with Gasteiger partial charge in [0.15, 0.2) is 11.5 Å². The lowest BCUT2D eigenvalue weighted by Gasteiger charge is -2.07. The van der Waals surface area contributed by atoms with E-state index < -0.39 is 0 Å². The summed E-state index contributed by atoms with van der Waals surface area (Å²) in [6.45, 7) is 1.91. The predicted molar refractivity (Wildman–Crippen MR) is 128 cm³/mol. The fraction of sp³-hybridized carbons (Fsp3) is 0.0833. The van der Waals surface area contributed by atoms with Crippen LogP contribution in [0.5, 0.6) is 0 Å². The molecule has 172 valence electrons. The number of rotatable bonds is 5. The normalized spacial score (nSPS) is 11.3. The average molecular weight is 466 g/mol. The second-order valence-electron chi connectivity index (χ2n) is 7.96. The van der Waals surface area contributed by atoms with Crippen LogP contribution in [0.25, 0.3) is 34.1 Å². The van der Waals surface area contributed by atoms with E-state index in [9.17, 15) is 4.39 Å². The van der Waals surface area contributed by atoms with Gasteiger partial charge in [-0.15, -0.1) is 10.2 Å². The second kappa shape index (κ2) is 8.13.